The fourth-order valence-electron chi connectivity index (χ4n) is 2.50. The van der Waals surface area contributed by atoms with Crippen LogP contribution in [-0.2, 0) is 16.0 Å². The maximum Gasteiger partial charge on any atom is 0.245 e. The van der Waals surface area contributed by atoms with Crippen LogP contribution in [0.15, 0.2) is 35.9 Å². The molecule has 2 N–H and O–H groups in total. The predicted octanol–water partition coefficient (Wildman–Crippen LogP) is 1.12. The Kier molecular flexibility index (Phi) is 5.36. The largest absolute Gasteiger partial charge is 0.508 e. The summed E-state index contributed by atoms with van der Waals surface area (Å²) in [4.78, 5) is 25.7. The quantitative estimate of drug-likeness (QED) is 0.871. The van der Waals surface area contributed by atoms with E-state index in [2.05, 4.69) is 11.4 Å². The predicted molar refractivity (Wildman–Crippen MR) is 84.3 cm³/mol. The number of nitrogens with zero attached hydrogens (tertiary/aromatic N) is 2. The van der Waals surface area contributed by atoms with Crippen LogP contribution in [0.2, 0.25) is 0 Å². The van der Waals surface area contributed by atoms with Crippen LogP contribution in [0.1, 0.15) is 18.9 Å². The van der Waals surface area contributed by atoms with E-state index < -0.39 is 6.04 Å². The molecule has 0 spiro atoms. The van der Waals surface area contributed by atoms with Crippen molar-refractivity contribution in [3.63, 3.8) is 0 Å². The molecule has 1 aliphatic rings. The first-order valence-corrected chi connectivity index (χ1v) is 7.42. The zero-order chi connectivity index (χ0) is 16.8. The topological polar surface area (TPSA) is 93.4 Å². The van der Waals surface area contributed by atoms with Gasteiger partial charge in [0.15, 0.2) is 0 Å². The molecule has 1 heterocycles. The van der Waals surface area contributed by atoms with Gasteiger partial charge < -0.3 is 15.3 Å². The highest BCUT2D eigenvalue weighted by Gasteiger charge is 2.26. The van der Waals surface area contributed by atoms with Crippen LogP contribution in [0.25, 0.3) is 0 Å². The molecule has 1 aromatic carbocycles. The fraction of sp³-hybridized carbons (Fsp3) is 0.353. The van der Waals surface area contributed by atoms with Gasteiger partial charge in [-0.25, -0.2) is 0 Å². The van der Waals surface area contributed by atoms with Crippen molar-refractivity contribution in [2.75, 3.05) is 13.1 Å². The van der Waals surface area contributed by atoms with E-state index in [-0.39, 0.29) is 17.6 Å². The number of phenols is 1. The number of amides is 2. The number of hydrogen-bond acceptors (Lipinski definition) is 4. The van der Waals surface area contributed by atoms with Crippen LogP contribution in [0.4, 0.5) is 0 Å². The highest BCUT2D eigenvalue weighted by Crippen LogP contribution is 2.15. The Morgan fingerprint density at radius 3 is 2.61 bits per heavy atom. The Labute approximate surface area is 135 Å². The van der Waals surface area contributed by atoms with Gasteiger partial charge in [0.25, 0.3) is 0 Å². The van der Waals surface area contributed by atoms with Gasteiger partial charge in [-0.3, -0.25) is 9.59 Å². The number of carbonyl (C=O) groups is 2. The molecule has 0 aromatic heterocycles. The standard InChI is InChI=1S/C17H19N3O3/c1-12(21)19-16(10-13-2-4-15(22)5-3-13)17(23)20-8-6-14(11-18)7-9-20/h2-6,16,22H,7-10H2,1H3,(H,19,21)/t16-/m0/s1. The average Bonchev–Trinajstić information content (AvgIpc) is 2.55. The van der Waals surface area contributed by atoms with Crippen molar-refractivity contribution >= 4 is 11.8 Å². The second-order valence-corrected chi connectivity index (χ2v) is 5.50. The molecule has 2 rings (SSSR count). The smallest absolute Gasteiger partial charge is 0.245 e. The van der Waals surface area contributed by atoms with Crippen molar-refractivity contribution in [1.82, 2.24) is 10.2 Å². The summed E-state index contributed by atoms with van der Waals surface area (Å²) in [6.07, 6.45) is 2.63. The minimum Gasteiger partial charge on any atom is -0.508 e. The highest BCUT2D eigenvalue weighted by molar-refractivity contribution is 5.87. The molecule has 6 heteroatoms. The van der Waals surface area contributed by atoms with E-state index in [1.165, 1.54) is 6.92 Å². The summed E-state index contributed by atoms with van der Waals surface area (Å²) in [5.41, 5.74) is 1.53. The summed E-state index contributed by atoms with van der Waals surface area (Å²) in [7, 11) is 0. The molecule has 0 aliphatic carbocycles. The number of aromatic hydroxyl groups is 1. The molecule has 0 saturated carbocycles. The van der Waals surface area contributed by atoms with Crippen molar-refractivity contribution in [2.24, 2.45) is 0 Å². The summed E-state index contributed by atoms with van der Waals surface area (Å²) < 4.78 is 0. The third kappa shape index (κ3) is 4.58. The summed E-state index contributed by atoms with van der Waals surface area (Å²) in [6.45, 7) is 2.23. The normalized spacial score (nSPS) is 15.3. The second kappa shape index (κ2) is 7.45. The molecule has 1 atom stereocenters. The van der Waals surface area contributed by atoms with Crippen LogP contribution in [0.5, 0.6) is 5.75 Å². The Morgan fingerprint density at radius 1 is 1.39 bits per heavy atom. The minimum atomic E-state index is -0.658. The fourth-order valence-corrected chi connectivity index (χ4v) is 2.50. The molecule has 23 heavy (non-hydrogen) atoms. The van der Waals surface area contributed by atoms with E-state index in [4.69, 9.17) is 5.26 Å². The third-order valence-corrected chi connectivity index (χ3v) is 3.72. The lowest BCUT2D eigenvalue weighted by atomic mass is 10.0. The average molecular weight is 313 g/mol. The van der Waals surface area contributed by atoms with Gasteiger partial charge in [0.2, 0.25) is 11.8 Å². The van der Waals surface area contributed by atoms with Crippen LogP contribution < -0.4 is 5.32 Å². The van der Waals surface area contributed by atoms with Gasteiger partial charge in [-0.2, -0.15) is 5.26 Å². The first-order chi connectivity index (χ1) is 11.0. The number of nitrogens with one attached hydrogen (secondary N) is 1. The van der Waals surface area contributed by atoms with Crippen LogP contribution in [0.3, 0.4) is 0 Å². The number of nitriles is 1. The molecule has 0 unspecified atom stereocenters. The van der Waals surface area contributed by atoms with Gasteiger partial charge in [0, 0.05) is 32.0 Å². The molecule has 2 amide bonds. The minimum absolute atomic E-state index is 0.154. The molecule has 0 fully saturated rings. The zero-order valence-electron chi connectivity index (χ0n) is 13.0. The maximum absolute atomic E-state index is 12.6. The molecule has 1 aromatic rings. The molecule has 0 saturated heterocycles. The van der Waals surface area contributed by atoms with Gasteiger partial charge >= 0.3 is 0 Å². The van der Waals surface area contributed by atoms with Gasteiger partial charge in [-0.1, -0.05) is 18.2 Å². The van der Waals surface area contributed by atoms with Crippen LogP contribution in [0, 0.1) is 11.3 Å². The summed E-state index contributed by atoms with van der Waals surface area (Å²) in [5, 5.41) is 20.9. The zero-order valence-corrected chi connectivity index (χ0v) is 13.0. The van der Waals surface area contributed by atoms with Gasteiger partial charge in [0.05, 0.1) is 6.07 Å². The van der Waals surface area contributed by atoms with E-state index in [0.29, 0.717) is 31.5 Å². The lowest BCUT2D eigenvalue weighted by Gasteiger charge is -2.29. The Hall–Kier alpha value is -2.81. The van der Waals surface area contributed by atoms with Crippen LogP contribution >= 0.6 is 0 Å². The Bertz CT molecular complexity index is 659. The van der Waals surface area contributed by atoms with Crippen molar-refractivity contribution in [3.05, 3.63) is 41.5 Å². The maximum atomic E-state index is 12.6. The van der Waals surface area contributed by atoms with E-state index in [9.17, 15) is 14.7 Å². The highest BCUT2D eigenvalue weighted by atomic mass is 16.3. The van der Waals surface area contributed by atoms with Crippen molar-refractivity contribution < 1.29 is 14.7 Å². The molecule has 0 radical (unpaired) electrons. The van der Waals surface area contributed by atoms with Crippen molar-refractivity contribution in [1.29, 1.82) is 5.26 Å². The van der Waals surface area contributed by atoms with Gasteiger partial charge in [-0.15, -0.1) is 0 Å². The lowest BCUT2D eigenvalue weighted by molar-refractivity contribution is -0.135. The second-order valence-electron chi connectivity index (χ2n) is 5.50. The molecular weight excluding hydrogens is 294 g/mol. The molecule has 6 nitrogen and oxygen atoms in total. The van der Waals surface area contributed by atoms with E-state index in [1.807, 2.05) is 0 Å². The van der Waals surface area contributed by atoms with Gasteiger partial charge in [0.1, 0.15) is 11.8 Å². The van der Waals surface area contributed by atoms with Gasteiger partial charge in [-0.05, 0) is 24.1 Å². The van der Waals surface area contributed by atoms with Crippen LogP contribution in [-0.4, -0.2) is 41.0 Å². The summed E-state index contributed by atoms with van der Waals surface area (Å²) in [6, 6.07) is 7.99. The lowest BCUT2D eigenvalue weighted by Crippen LogP contribution is -2.50. The Morgan fingerprint density at radius 2 is 2.09 bits per heavy atom. The van der Waals surface area contributed by atoms with E-state index >= 15 is 0 Å². The monoisotopic (exact) mass is 313 g/mol. The molecular formula is C17H19N3O3. The summed E-state index contributed by atoms with van der Waals surface area (Å²) in [5.74, 6) is -0.282. The number of hydrogen-bond donors (Lipinski definition) is 2. The van der Waals surface area contributed by atoms with E-state index in [0.717, 1.165) is 5.56 Å². The van der Waals surface area contributed by atoms with Crippen molar-refractivity contribution in [2.45, 2.75) is 25.8 Å². The molecule has 0 bridgehead atoms. The Balaban J connectivity index is 2.10. The third-order valence-electron chi connectivity index (χ3n) is 3.72. The van der Waals surface area contributed by atoms with E-state index in [1.54, 1.807) is 35.2 Å². The number of carbonyl (C=O) groups excluding carboxylic acids is 2. The number of rotatable bonds is 4. The first kappa shape index (κ1) is 16.6. The first-order valence-electron chi connectivity index (χ1n) is 7.42. The van der Waals surface area contributed by atoms with Crippen molar-refractivity contribution in [3.8, 4) is 11.8 Å². The molecule has 120 valence electrons. The summed E-state index contributed by atoms with van der Waals surface area (Å²) >= 11 is 0. The SMILES string of the molecule is CC(=O)N[C@@H](Cc1ccc(O)cc1)C(=O)N1CC=C(C#N)CC1. The number of benzene rings is 1. The molecule has 1 aliphatic heterocycles. The number of phenolic OH excluding ortho intramolecular Hbond substituents is 1.